The van der Waals surface area contributed by atoms with E-state index < -0.39 is 12.1 Å². The van der Waals surface area contributed by atoms with Gasteiger partial charge in [0, 0.05) is 19.3 Å². The van der Waals surface area contributed by atoms with E-state index in [9.17, 15) is 14.4 Å². The quantitative estimate of drug-likeness (QED) is 0.0261. The van der Waals surface area contributed by atoms with Gasteiger partial charge in [-0.2, -0.15) is 0 Å². The Morgan fingerprint density at radius 3 is 0.835 bits per heavy atom. The zero-order chi connectivity index (χ0) is 57.1. The molecule has 0 rings (SSSR count). The molecular weight excluding hydrogens is 973 g/mol. The molecule has 1 atom stereocenters. The van der Waals surface area contributed by atoms with Gasteiger partial charge < -0.3 is 14.2 Å². The van der Waals surface area contributed by atoms with Gasteiger partial charge in [-0.05, 0) is 122 Å². The van der Waals surface area contributed by atoms with Crippen LogP contribution in [0.1, 0.15) is 290 Å². The van der Waals surface area contributed by atoms with E-state index in [1.54, 1.807) is 0 Å². The summed E-state index contributed by atoms with van der Waals surface area (Å²) in [5, 5.41) is 0. The summed E-state index contributed by atoms with van der Waals surface area (Å²) >= 11 is 0. The van der Waals surface area contributed by atoms with Crippen molar-refractivity contribution in [3.8, 4) is 0 Å². The number of hydrogen-bond donors (Lipinski definition) is 0. The molecular formula is C73H120O6. The second-order valence-electron chi connectivity index (χ2n) is 21.3. The van der Waals surface area contributed by atoms with Gasteiger partial charge in [0.25, 0.3) is 0 Å². The Labute approximate surface area is 487 Å². The van der Waals surface area contributed by atoms with Crippen molar-refractivity contribution >= 4 is 17.9 Å². The maximum Gasteiger partial charge on any atom is 0.306 e. The molecule has 0 aromatic carbocycles. The molecule has 79 heavy (non-hydrogen) atoms. The van der Waals surface area contributed by atoms with Crippen molar-refractivity contribution < 1.29 is 28.6 Å². The number of allylic oxidation sites excluding steroid dienone is 22. The molecule has 0 fully saturated rings. The van der Waals surface area contributed by atoms with Crippen molar-refractivity contribution in [3.63, 3.8) is 0 Å². The van der Waals surface area contributed by atoms with E-state index in [0.717, 1.165) is 116 Å². The minimum atomic E-state index is -0.831. The number of rotatable bonds is 58. The molecule has 0 saturated heterocycles. The van der Waals surface area contributed by atoms with Crippen LogP contribution in [-0.4, -0.2) is 37.2 Å². The molecule has 6 nitrogen and oxygen atoms in total. The van der Waals surface area contributed by atoms with Crippen LogP contribution in [0.5, 0.6) is 0 Å². The standard InChI is InChI=1S/C73H120O6/c1-4-7-10-13-16-19-22-25-28-31-34-35-36-37-40-42-45-48-51-54-57-60-63-66-72(75)78-69-70(79-73(76)67-64-61-58-55-52-49-46-43-39-33-30-27-24-21-18-15-12-9-6-3)68-77-71(74)65-62-59-56-53-50-47-44-41-38-32-29-26-23-20-17-14-11-8-5-2/h8-9,11-12,17-18,20-21,26-27,29-31,34,38-39,41,43,49,52,58,61,70H,4-7,10,13-16,19,22-25,28,32-33,35-37,40,42,44-48,50-51,53-57,59-60,62-69H2,1-3H3/b11-8-,12-9-,20-17-,21-18-,29-26-,30-27-,34-31-,41-38-,43-39-,52-49-,61-58-. The molecule has 0 radical (unpaired) electrons. The lowest BCUT2D eigenvalue weighted by Crippen LogP contribution is -2.30. The molecule has 0 aromatic heterocycles. The average Bonchev–Trinajstić information content (AvgIpc) is 3.45. The molecule has 0 saturated carbocycles. The largest absolute Gasteiger partial charge is 0.462 e. The van der Waals surface area contributed by atoms with Gasteiger partial charge in [-0.15, -0.1) is 0 Å². The normalized spacial score (nSPS) is 13.0. The van der Waals surface area contributed by atoms with Crippen LogP contribution < -0.4 is 0 Å². The van der Waals surface area contributed by atoms with Crippen LogP contribution in [0.3, 0.4) is 0 Å². The van der Waals surface area contributed by atoms with Crippen molar-refractivity contribution in [2.75, 3.05) is 13.2 Å². The molecule has 0 aliphatic rings. The molecule has 0 aromatic rings. The van der Waals surface area contributed by atoms with E-state index in [2.05, 4.69) is 148 Å². The Morgan fingerprint density at radius 2 is 0.519 bits per heavy atom. The Bertz CT molecular complexity index is 1680. The van der Waals surface area contributed by atoms with Gasteiger partial charge in [0.1, 0.15) is 13.2 Å². The fourth-order valence-electron chi connectivity index (χ4n) is 8.81. The van der Waals surface area contributed by atoms with Gasteiger partial charge in [0.15, 0.2) is 6.10 Å². The average molecular weight is 1090 g/mol. The highest BCUT2D eigenvalue weighted by Gasteiger charge is 2.19. The van der Waals surface area contributed by atoms with Crippen molar-refractivity contribution in [1.82, 2.24) is 0 Å². The van der Waals surface area contributed by atoms with Gasteiger partial charge in [-0.3, -0.25) is 14.4 Å². The van der Waals surface area contributed by atoms with Crippen LogP contribution in [-0.2, 0) is 28.6 Å². The number of hydrogen-bond acceptors (Lipinski definition) is 6. The lowest BCUT2D eigenvalue weighted by Gasteiger charge is -2.18. The van der Waals surface area contributed by atoms with Crippen molar-refractivity contribution in [2.45, 2.75) is 297 Å². The van der Waals surface area contributed by atoms with E-state index in [-0.39, 0.29) is 31.6 Å². The predicted molar refractivity (Wildman–Crippen MR) is 343 cm³/mol. The van der Waals surface area contributed by atoms with E-state index in [4.69, 9.17) is 14.2 Å². The zero-order valence-electron chi connectivity index (χ0n) is 51.3. The second-order valence-corrected chi connectivity index (χ2v) is 21.3. The number of carbonyl (C=O) groups excluding carboxylic acids is 3. The van der Waals surface area contributed by atoms with E-state index >= 15 is 0 Å². The van der Waals surface area contributed by atoms with Crippen LogP contribution in [0.15, 0.2) is 134 Å². The summed E-state index contributed by atoms with van der Waals surface area (Å²) in [4.78, 5) is 38.3. The van der Waals surface area contributed by atoms with Gasteiger partial charge in [0.05, 0.1) is 0 Å². The van der Waals surface area contributed by atoms with Crippen LogP contribution >= 0.6 is 0 Å². The summed E-state index contributed by atoms with van der Waals surface area (Å²) in [6.07, 6.45) is 93.3. The molecule has 1 unspecified atom stereocenters. The number of carbonyl (C=O) groups is 3. The maximum atomic E-state index is 12.9. The Kier molecular flexibility index (Phi) is 62.3. The lowest BCUT2D eigenvalue weighted by atomic mass is 10.0. The first-order valence-electron chi connectivity index (χ1n) is 32.7. The van der Waals surface area contributed by atoms with Crippen LogP contribution in [0.2, 0.25) is 0 Å². The Morgan fingerprint density at radius 1 is 0.266 bits per heavy atom. The SMILES string of the molecule is CC/C=C\C/C=C\C/C=C\C/C=C\C/C=C\C/C=C\CCC(=O)OC(COC(=O)CCCCCCCC/C=C\C/C=C\C/C=C\C/C=C\CC)COC(=O)CCCCCCCCCCCCC/C=C\CCCCCCCCCC. The van der Waals surface area contributed by atoms with E-state index in [1.807, 2.05) is 6.08 Å². The summed E-state index contributed by atoms with van der Waals surface area (Å²) in [6, 6.07) is 0. The summed E-state index contributed by atoms with van der Waals surface area (Å²) < 4.78 is 16.9. The maximum absolute atomic E-state index is 12.9. The molecule has 6 heteroatoms. The lowest BCUT2D eigenvalue weighted by molar-refractivity contribution is -0.166. The fraction of sp³-hybridized carbons (Fsp3) is 0.658. The smallest absolute Gasteiger partial charge is 0.306 e. The van der Waals surface area contributed by atoms with E-state index in [1.165, 1.54) is 128 Å². The molecule has 0 aliphatic heterocycles. The molecule has 0 heterocycles. The van der Waals surface area contributed by atoms with Crippen molar-refractivity contribution in [1.29, 1.82) is 0 Å². The highest BCUT2D eigenvalue weighted by atomic mass is 16.6. The van der Waals surface area contributed by atoms with Crippen LogP contribution in [0.4, 0.5) is 0 Å². The van der Waals surface area contributed by atoms with Gasteiger partial charge in [-0.25, -0.2) is 0 Å². The monoisotopic (exact) mass is 1090 g/mol. The van der Waals surface area contributed by atoms with Crippen molar-refractivity contribution in [2.24, 2.45) is 0 Å². The molecule has 448 valence electrons. The van der Waals surface area contributed by atoms with Gasteiger partial charge in [0.2, 0.25) is 0 Å². The third-order valence-corrected chi connectivity index (χ3v) is 13.6. The first-order valence-corrected chi connectivity index (χ1v) is 32.7. The Hall–Kier alpha value is -4.45. The minimum absolute atomic E-state index is 0.116. The Balaban J connectivity index is 4.49. The summed E-state index contributed by atoms with van der Waals surface area (Å²) in [5.74, 6) is -1.01. The second kappa shape index (κ2) is 66.1. The van der Waals surface area contributed by atoms with Gasteiger partial charge >= 0.3 is 17.9 Å². The zero-order valence-corrected chi connectivity index (χ0v) is 51.3. The fourth-order valence-corrected chi connectivity index (χ4v) is 8.81. The topological polar surface area (TPSA) is 78.9 Å². The molecule has 0 aliphatic carbocycles. The molecule has 0 bridgehead atoms. The number of esters is 3. The number of ether oxygens (including phenoxy) is 3. The van der Waals surface area contributed by atoms with E-state index in [0.29, 0.717) is 19.3 Å². The highest BCUT2D eigenvalue weighted by Crippen LogP contribution is 2.15. The van der Waals surface area contributed by atoms with Crippen molar-refractivity contribution in [3.05, 3.63) is 134 Å². The third-order valence-electron chi connectivity index (χ3n) is 13.6. The van der Waals surface area contributed by atoms with Crippen LogP contribution in [0.25, 0.3) is 0 Å². The first kappa shape index (κ1) is 74.5. The minimum Gasteiger partial charge on any atom is -0.462 e. The van der Waals surface area contributed by atoms with Crippen LogP contribution in [0, 0.1) is 0 Å². The molecule has 0 N–H and O–H groups in total. The third kappa shape index (κ3) is 64.3. The van der Waals surface area contributed by atoms with Gasteiger partial charge in [-0.1, -0.05) is 283 Å². The highest BCUT2D eigenvalue weighted by molar-refractivity contribution is 5.71. The summed E-state index contributed by atoms with van der Waals surface area (Å²) in [6.45, 7) is 6.36. The molecule has 0 amide bonds. The molecule has 0 spiro atoms. The first-order chi connectivity index (χ1) is 39.0. The summed E-state index contributed by atoms with van der Waals surface area (Å²) in [7, 11) is 0. The predicted octanol–water partition coefficient (Wildman–Crippen LogP) is 22.5. The summed E-state index contributed by atoms with van der Waals surface area (Å²) in [5.41, 5.74) is 0. The number of unbranched alkanes of at least 4 members (excludes halogenated alkanes) is 25.